The number of ether oxygens (including phenoxy) is 1. The van der Waals surface area contributed by atoms with Crippen LogP contribution < -0.4 is 5.32 Å². The predicted molar refractivity (Wildman–Crippen MR) is 83.3 cm³/mol. The molecule has 112 valence electrons. The highest BCUT2D eigenvalue weighted by Crippen LogP contribution is 2.29. The van der Waals surface area contributed by atoms with Gasteiger partial charge in [-0.1, -0.05) is 22.9 Å². The molecular formula is C16H23BrFNO. The van der Waals surface area contributed by atoms with E-state index in [2.05, 4.69) is 28.2 Å². The average molecular weight is 344 g/mol. The first-order valence-corrected chi connectivity index (χ1v) is 8.25. The molecule has 0 saturated carbocycles. The summed E-state index contributed by atoms with van der Waals surface area (Å²) in [5.74, 6) is 0.491. The molecule has 2 nitrogen and oxygen atoms in total. The van der Waals surface area contributed by atoms with Crippen LogP contribution in [0.25, 0.3) is 0 Å². The maximum absolute atomic E-state index is 13.6. The van der Waals surface area contributed by atoms with Gasteiger partial charge in [-0.05, 0) is 61.9 Å². The lowest BCUT2D eigenvalue weighted by atomic mass is 9.89. The van der Waals surface area contributed by atoms with Crippen LogP contribution in [0, 0.1) is 11.7 Å². The third-order valence-corrected chi connectivity index (χ3v) is 4.30. The molecule has 4 heteroatoms. The Morgan fingerprint density at radius 3 is 2.75 bits per heavy atom. The van der Waals surface area contributed by atoms with Crippen molar-refractivity contribution in [3.05, 3.63) is 34.1 Å². The maximum Gasteiger partial charge on any atom is 0.124 e. The summed E-state index contributed by atoms with van der Waals surface area (Å²) in [7, 11) is 0. The van der Waals surface area contributed by atoms with Crippen molar-refractivity contribution in [3.63, 3.8) is 0 Å². The summed E-state index contributed by atoms with van der Waals surface area (Å²) in [5, 5.41) is 3.56. The van der Waals surface area contributed by atoms with Gasteiger partial charge in [0.1, 0.15) is 5.82 Å². The standard InChI is InChI=1S/C16H23BrFNO/c1-2-5-19-16(8-12-3-6-20-7-4-12)13-9-14(17)11-15(18)10-13/h9-12,16,19H,2-8H2,1H3. The molecule has 1 heterocycles. The van der Waals surface area contributed by atoms with Crippen LogP contribution in [0.4, 0.5) is 4.39 Å². The lowest BCUT2D eigenvalue weighted by Crippen LogP contribution is -2.27. The largest absolute Gasteiger partial charge is 0.381 e. The van der Waals surface area contributed by atoms with E-state index in [1.165, 1.54) is 6.07 Å². The molecule has 1 fully saturated rings. The van der Waals surface area contributed by atoms with E-state index in [9.17, 15) is 4.39 Å². The monoisotopic (exact) mass is 343 g/mol. The average Bonchev–Trinajstić information content (AvgIpc) is 2.43. The zero-order chi connectivity index (χ0) is 14.4. The Bertz CT molecular complexity index is 401. The molecule has 0 bridgehead atoms. The number of hydrogen-bond donors (Lipinski definition) is 1. The molecule has 0 radical (unpaired) electrons. The van der Waals surface area contributed by atoms with Crippen molar-refractivity contribution < 1.29 is 9.13 Å². The van der Waals surface area contributed by atoms with Crippen LogP contribution in [-0.2, 0) is 4.74 Å². The Morgan fingerprint density at radius 2 is 2.10 bits per heavy atom. The van der Waals surface area contributed by atoms with E-state index < -0.39 is 0 Å². The Balaban J connectivity index is 2.08. The second-order valence-corrected chi connectivity index (χ2v) is 6.42. The molecule has 1 N–H and O–H groups in total. The topological polar surface area (TPSA) is 21.3 Å². The van der Waals surface area contributed by atoms with E-state index in [0.717, 1.165) is 55.5 Å². The lowest BCUT2D eigenvalue weighted by Gasteiger charge is -2.28. The van der Waals surface area contributed by atoms with E-state index in [0.29, 0.717) is 5.92 Å². The quantitative estimate of drug-likeness (QED) is 0.823. The molecule has 1 atom stereocenters. The highest BCUT2D eigenvalue weighted by Gasteiger charge is 2.20. The summed E-state index contributed by atoms with van der Waals surface area (Å²) < 4.78 is 19.8. The van der Waals surface area contributed by atoms with Crippen molar-refractivity contribution in [2.45, 2.75) is 38.6 Å². The summed E-state index contributed by atoms with van der Waals surface area (Å²) in [6, 6.07) is 5.41. The second-order valence-electron chi connectivity index (χ2n) is 5.50. The summed E-state index contributed by atoms with van der Waals surface area (Å²) in [6.07, 6.45) is 4.36. The van der Waals surface area contributed by atoms with Crippen molar-refractivity contribution in [1.29, 1.82) is 0 Å². The number of benzene rings is 1. The second kappa shape index (κ2) is 8.11. The summed E-state index contributed by atoms with van der Waals surface area (Å²) in [5.41, 5.74) is 1.04. The zero-order valence-corrected chi connectivity index (χ0v) is 13.6. The molecule has 20 heavy (non-hydrogen) atoms. The first-order valence-electron chi connectivity index (χ1n) is 7.46. The highest BCUT2D eigenvalue weighted by molar-refractivity contribution is 9.10. The highest BCUT2D eigenvalue weighted by atomic mass is 79.9. The van der Waals surface area contributed by atoms with Crippen molar-refractivity contribution in [3.8, 4) is 0 Å². The zero-order valence-electron chi connectivity index (χ0n) is 12.0. The Kier molecular flexibility index (Phi) is 6.46. The third kappa shape index (κ3) is 4.83. The van der Waals surface area contributed by atoms with Gasteiger partial charge in [0.2, 0.25) is 0 Å². The number of rotatable bonds is 6. The lowest BCUT2D eigenvalue weighted by molar-refractivity contribution is 0.0605. The van der Waals surface area contributed by atoms with Crippen molar-refractivity contribution in [2.75, 3.05) is 19.8 Å². The van der Waals surface area contributed by atoms with Gasteiger partial charge in [0.25, 0.3) is 0 Å². The smallest absolute Gasteiger partial charge is 0.124 e. The van der Waals surface area contributed by atoms with Gasteiger partial charge in [0.15, 0.2) is 0 Å². The third-order valence-electron chi connectivity index (χ3n) is 3.84. The number of hydrogen-bond acceptors (Lipinski definition) is 2. The van der Waals surface area contributed by atoms with Crippen LogP contribution in [-0.4, -0.2) is 19.8 Å². The molecule has 1 unspecified atom stereocenters. The van der Waals surface area contributed by atoms with Gasteiger partial charge in [0.05, 0.1) is 0 Å². The van der Waals surface area contributed by atoms with Gasteiger partial charge in [-0.2, -0.15) is 0 Å². The van der Waals surface area contributed by atoms with Crippen LogP contribution in [0.1, 0.15) is 44.2 Å². The van der Waals surface area contributed by atoms with E-state index in [1.54, 1.807) is 6.07 Å². The molecule has 0 aliphatic carbocycles. The molecule has 1 aliphatic heterocycles. The molecule has 0 spiro atoms. The summed E-state index contributed by atoms with van der Waals surface area (Å²) >= 11 is 3.39. The van der Waals surface area contributed by atoms with E-state index >= 15 is 0 Å². The molecule has 1 aromatic rings. The Labute approximate surface area is 129 Å². The SMILES string of the molecule is CCCNC(CC1CCOCC1)c1cc(F)cc(Br)c1. The molecular weight excluding hydrogens is 321 g/mol. The number of halogens is 2. The first kappa shape index (κ1) is 15.9. The van der Waals surface area contributed by atoms with Gasteiger partial charge in [-0.15, -0.1) is 0 Å². The van der Waals surface area contributed by atoms with Crippen molar-refractivity contribution in [2.24, 2.45) is 5.92 Å². The van der Waals surface area contributed by atoms with E-state index in [4.69, 9.17) is 4.74 Å². The number of nitrogens with one attached hydrogen (secondary N) is 1. The predicted octanol–water partition coefficient (Wildman–Crippen LogP) is 4.45. The minimum atomic E-state index is -0.176. The molecule has 2 rings (SSSR count). The molecule has 1 saturated heterocycles. The molecule has 0 aromatic heterocycles. The van der Waals surface area contributed by atoms with Gasteiger partial charge < -0.3 is 10.1 Å². The van der Waals surface area contributed by atoms with E-state index in [1.807, 2.05) is 6.07 Å². The van der Waals surface area contributed by atoms with Crippen LogP contribution >= 0.6 is 15.9 Å². The van der Waals surface area contributed by atoms with Crippen molar-refractivity contribution >= 4 is 15.9 Å². The van der Waals surface area contributed by atoms with E-state index in [-0.39, 0.29) is 11.9 Å². The van der Waals surface area contributed by atoms with Gasteiger partial charge in [0, 0.05) is 23.7 Å². The molecule has 1 aliphatic rings. The Morgan fingerprint density at radius 1 is 1.35 bits per heavy atom. The minimum absolute atomic E-state index is 0.176. The fraction of sp³-hybridized carbons (Fsp3) is 0.625. The summed E-state index contributed by atoms with van der Waals surface area (Å²) in [4.78, 5) is 0. The van der Waals surface area contributed by atoms with Crippen LogP contribution in [0.15, 0.2) is 22.7 Å². The Hall–Kier alpha value is -0.450. The van der Waals surface area contributed by atoms with Crippen LogP contribution in [0.5, 0.6) is 0 Å². The van der Waals surface area contributed by atoms with Crippen LogP contribution in [0.3, 0.4) is 0 Å². The summed E-state index contributed by atoms with van der Waals surface area (Å²) in [6.45, 7) is 4.83. The van der Waals surface area contributed by atoms with Gasteiger partial charge in [-0.25, -0.2) is 4.39 Å². The van der Waals surface area contributed by atoms with Gasteiger partial charge >= 0.3 is 0 Å². The van der Waals surface area contributed by atoms with Crippen LogP contribution in [0.2, 0.25) is 0 Å². The normalized spacial score (nSPS) is 18.1. The van der Waals surface area contributed by atoms with Crippen molar-refractivity contribution in [1.82, 2.24) is 5.32 Å². The fourth-order valence-electron chi connectivity index (χ4n) is 2.75. The first-order chi connectivity index (χ1) is 9.69. The molecule has 0 amide bonds. The minimum Gasteiger partial charge on any atom is -0.381 e. The van der Waals surface area contributed by atoms with Gasteiger partial charge in [-0.3, -0.25) is 0 Å². The molecule has 1 aromatic carbocycles. The fourth-order valence-corrected chi connectivity index (χ4v) is 3.23. The maximum atomic E-state index is 13.6.